The van der Waals surface area contributed by atoms with Crippen LogP contribution in [0.5, 0.6) is 0 Å². The molecule has 2 aliphatic heterocycles. The molecular weight excluding hydrogens is 357 g/mol. The fraction of sp³-hybridized carbons (Fsp3) is 0.350. The molecule has 4 nitrogen and oxygen atoms in total. The molecule has 1 atom stereocenters. The number of rotatable bonds is 3. The quantitative estimate of drug-likeness (QED) is 0.825. The van der Waals surface area contributed by atoms with Gasteiger partial charge in [-0.05, 0) is 42.3 Å². The summed E-state index contributed by atoms with van der Waals surface area (Å²) in [5, 5.41) is 0. The van der Waals surface area contributed by atoms with Crippen molar-refractivity contribution < 1.29 is 22.7 Å². The number of hydrogen-bond acceptors (Lipinski definition) is 3. The number of amides is 1. The Labute approximate surface area is 155 Å². The normalized spacial score (nSPS) is 23.4. The Morgan fingerprint density at radius 1 is 1.00 bits per heavy atom. The SMILES string of the molecule is O=C1COC2(CCN(Cc3cc(F)cc(F)c3)C2)CN1c1cccc(F)c1. The number of ether oxygens (including phenoxy) is 1. The van der Waals surface area contributed by atoms with Gasteiger partial charge in [0.25, 0.3) is 5.91 Å². The number of likely N-dealkylation sites (tertiary alicyclic amines) is 1. The Hall–Kier alpha value is -2.38. The van der Waals surface area contributed by atoms with Crippen LogP contribution < -0.4 is 4.90 Å². The van der Waals surface area contributed by atoms with Gasteiger partial charge in [-0.3, -0.25) is 9.69 Å². The summed E-state index contributed by atoms with van der Waals surface area (Å²) in [4.78, 5) is 15.9. The maximum atomic E-state index is 13.5. The first-order chi connectivity index (χ1) is 12.9. The highest BCUT2D eigenvalue weighted by Crippen LogP contribution is 2.33. The van der Waals surface area contributed by atoms with Crippen molar-refractivity contribution in [2.75, 3.05) is 31.1 Å². The van der Waals surface area contributed by atoms with Crippen LogP contribution >= 0.6 is 0 Å². The van der Waals surface area contributed by atoms with Gasteiger partial charge in [-0.25, -0.2) is 13.2 Å². The molecule has 2 aliphatic rings. The number of carbonyl (C=O) groups excluding carboxylic acids is 1. The predicted molar refractivity (Wildman–Crippen MR) is 93.7 cm³/mol. The van der Waals surface area contributed by atoms with E-state index in [1.165, 1.54) is 24.3 Å². The van der Waals surface area contributed by atoms with E-state index in [-0.39, 0.29) is 12.5 Å². The Bertz CT molecular complexity index is 856. The summed E-state index contributed by atoms with van der Waals surface area (Å²) >= 11 is 0. The summed E-state index contributed by atoms with van der Waals surface area (Å²) in [6.07, 6.45) is 0.684. The molecule has 0 saturated carbocycles. The van der Waals surface area contributed by atoms with E-state index in [2.05, 4.69) is 0 Å². The number of halogens is 3. The molecule has 0 aliphatic carbocycles. The molecule has 1 spiro atoms. The zero-order valence-electron chi connectivity index (χ0n) is 14.6. The lowest BCUT2D eigenvalue weighted by molar-refractivity contribution is -0.137. The van der Waals surface area contributed by atoms with Crippen LogP contribution in [0.25, 0.3) is 0 Å². The molecule has 2 aromatic carbocycles. The molecular formula is C20H19F3N2O2. The highest BCUT2D eigenvalue weighted by Gasteiger charge is 2.45. The van der Waals surface area contributed by atoms with E-state index in [4.69, 9.17) is 4.74 Å². The van der Waals surface area contributed by atoms with Crippen LogP contribution in [-0.4, -0.2) is 42.6 Å². The molecule has 1 unspecified atom stereocenters. The molecule has 2 saturated heterocycles. The Morgan fingerprint density at radius 2 is 1.78 bits per heavy atom. The highest BCUT2D eigenvalue weighted by atomic mass is 19.1. The highest BCUT2D eigenvalue weighted by molar-refractivity contribution is 5.95. The lowest BCUT2D eigenvalue weighted by atomic mass is 10.00. The minimum Gasteiger partial charge on any atom is -0.362 e. The third-order valence-electron chi connectivity index (χ3n) is 5.09. The molecule has 2 fully saturated rings. The summed E-state index contributed by atoms with van der Waals surface area (Å²) < 4.78 is 46.2. The molecule has 0 bridgehead atoms. The molecule has 7 heteroatoms. The van der Waals surface area contributed by atoms with Crippen molar-refractivity contribution in [3.8, 4) is 0 Å². The number of morpholine rings is 1. The lowest BCUT2D eigenvalue weighted by Gasteiger charge is -2.40. The summed E-state index contributed by atoms with van der Waals surface area (Å²) in [7, 11) is 0. The molecule has 2 heterocycles. The first-order valence-corrected chi connectivity index (χ1v) is 8.80. The maximum Gasteiger partial charge on any atom is 0.253 e. The maximum absolute atomic E-state index is 13.5. The number of carbonyl (C=O) groups is 1. The molecule has 142 valence electrons. The van der Waals surface area contributed by atoms with Gasteiger partial charge in [-0.15, -0.1) is 0 Å². The van der Waals surface area contributed by atoms with E-state index in [9.17, 15) is 18.0 Å². The Balaban J connectivity index is 1.48. The summed E-state index contributed by atoms with van der Waals surface area (Å²) in [6.45, 7) is 1.86. The van der Waals surface area contributed by atoms with Crippen LogP contribution in [0.4, 0.5) is 18.9 Å². The molecule has 27 heavy (non-hydrogen) atoms. The van der Waals surface area contributed by atoms with Crippen LogP contribution in [0.3, 0.4) is 0 Å². The topological polar surface area (TPSA) is 32.8 Å². The van der Waals surface area contributed by atoms with E-state index >= 15 is 0 Å². The number of nitrogens with zero attached hydrogens (tertiary/aromatic N) is 2. The third-order valence-corrected chi connectivity index (χ3v) is 5.09. The number of hydrogen-bond donors (Lipinski definition) is 0. The van der Waals surface area contributed by atoms with Gasteiger partial charge in [0.05, 0.1) is 6.54 Å². The van der Waals surface area contributed by atoms with Crippen LogP contribution in [0.1, 0.15) is 12.0 Å². The van der Waals surface area contributed by atoms with E-state index in [0.717, 1.165) is 6.07 Å². The fourth-order valence-corrected chi connectivity index (χ4v) is 3.86. The minimum atomic E-state index is -0.601. The largest absolute Gasteiger partial charge is 0.362 e. The van der Waals surface area contributed by atoms with Gasteiger partial charge >= 0.3 is 0 Å². The van der Waals surface area contributed by atoms with Crippen molar-refractivity contribution in [2.24, 2.45) is 0 Å². The second kappa shape index (κ2) is 6.98. The second-order valence-electron chi connectivity index (χ2n) is 7.17. The average Bonchev–Trinajstić information content (AvgIpc) is 2.99. The van der Waals surface area contributed by atoms with Crippen molar-refractivity contribution in [1.29, 1.82) is 0 Å². The van der Waals surface area contributed by atoms with Crippen LogP contribution in [0.2, 0.25) is 0 Å². The number of anilines is 1. The predicted octanol–water partition coefficient (Wildman–Crippen LogP) is 3.11. The lowest BCUT2D eigenvalue weighted by Crippen LogP contribution is -2.56. The first kappa shape index (κ1) is 18.0. The molecule has 1 amide bonds. The molecule has 2 aromatic rings. The fourth-order valence-electron chi connectivity index (χ4n) is 3.86. The van der Waals surface area contributed by atoms with Crippen LogP contribution in [-0.2, 0) is 16.1 Å². The van der Waals surface area contributed by atoms with Crippen molar-refractivity contribution >= 4 is 11.6 Å². The van der Waals surface area contributed by atoms with E-state index in [0.29, 0.717) is 43.9 Å². The van der Waals surface area contributed by atoms with Crippen molar-refractivity contribution in [1.82, 2.24) is 4.90 Å². The third kappa shape index (κ3) is 3.84. The van der Waals surface area contributed by atoms with E-state index < -0.39 is 23.1 Å². The summed E-state index contributed by atoms with van der Waals surface area (Å²) in [5.41, 5.74) is 0.498. The van der Waals surface area contributed by atoms with Gasteiger partial charge in [0, 0.05) is 31.4 Å². The zero-order valence-corrected chi connectivity index (χ0v) is 14.6. The van der Waals surface area contributed by atoms with Gasteiger partial charge in [-0.1, -0.05) is 6.07 Å². The Kier molecular flexibility index (Phi) is 4.65. The summed E-state index contributed by atoms with van der Waals surface area (Å²) in [6, 6.07) is 9.42. The van der Waals surface area contributed by atoms with E-state index in [1.54, 1.807) is 17.0 Å². The van der Waals surface area contributed by atoms with Crippen LogP contribution in [0, 0.1) is 17.5 Å². The average molecular weight is 376 g/mol. The monoisotopic (exact) mass is 376 g/mol. The van der Waals surface area contributed by atoms with Gasteiger partial charge in [0.15, 0.2) is 0 Å². The standard InChI is InChI=1S/C20H19F3N2O2/c21-15-2-1-3-18(9-15)25-13-20(27-11-19(25)26)4-5-24(12-20)10-14-6-16(22)8-17(23)7-14/h1-3,6-9H,4-5,10-13H2. The number of benzene rings is 2. The van der Waals surface area contributed by atoms with Crippen LogP contribution in [0.15, 0.2) is 42.5 Å². The van der Waals surface area contributed by atoms with Crippen molar-refractivity contribution in [2.45, 2.75) is 18.6 Å². The van der Waals surface area contributed by atoms with Crippen molar-refractivity contribution in [3.05, 3.63) is 65.5 Å². The van der Waals surface area contributed by atoms with E-state index in [1.807, 2.05) is 4.90 Å². The second-order valence-corrected chi connectivity index (χ2v) is 7.17. The molecule has 0 radical (unpaired) electrons. The van der Waals surface area contributed by atoms with Crippen molar-refractivity contribution in [3.63, 3.8) is 0 Å². The smallest absolute Gasteiger partial charge is 0.253 e. The summed E-state index contributed by atoms with van der Waals surface area (Å²) in [5.74, 6) is -1.81. The molecule has 4 rings (SSSR count). The minimum absolute atomic E-state index is 0.0705. The molecule has 0 aromatic heterocycles. The van der Waals surface area contributed by atoms with Gasteiger partial charge in [0.2, 0.25) is 0 Å². The van der Waals surface area contributed by atoms with Gasteiger partial charge in [0.1, 0.15) is 29.7 Å². The zero-order chi connectivity index (χ0) is 19.0. The van der Waals surface area contributed by atoms with Gasteiger partial charge < -0.3 is 9.64 Å². The first-order valence-electron chi connectivity index (χ1n) is 8.80. The molecule has 0 N–H and O–H groups in total. The van der Waals surface area contributed by atoms with Gasteiger partial charge in [-0.2, -0.15) is 0 Å². The Morgan fingerprint density at radius 3 is 2.52 bits per heavy atom.